The third-order valence-electron chi connectivity index (χ3n) is 3.78. The molecule has 0 aliphatic heterocycles. The van der Waals surface area contributed by atoms with Gasteiger partial charge in [0.2, 0.25) is 0 Å². The van der Waals surface area contributed by atoms with Crippen LogP contribution in [-0.4, -0.2) is 12.6 Å². The van der Waals surface area contributed by atoms with Crippen molar-refractivity contribution in [3.8, 4) is 11.5 Å². The van der Waals surface area contributed by atoms with Crippen LogP contribution in [0.2, 0.25) is 0 Å². The van der Waals surface area contributed by atoms with Gasteiger partial charge in [-0.25, -0.2) is 4.79 Å². The number of hydrogen-bond donors (Lipinski definition) is 0. The summed E-state index contributed by atoms with van der Waals surface area (Å²) in [4.78, 5) is 12.2. The highest BCUT2D eigenvalue weighted by Gasteiger charge is 2.08. The van der Waals surface area contributed by atoms with Crippen molar-refractivity contribution in [3.63, 3.8) is 0 Å². The van der Waals surface area contributed by atoms with E-state index in [1.165, 1.54) is 18.4 Å². The van der Waals surface area contributed by atoms with Crippen molar-refractivity contribution in [2.24, 2.45) is 0 Å². The zero-order chi connectivity index (χ0) is 17.2. The molecule has 0 aliphatic carbocycles. The van der Waals surface area contributed by atoms with Gasteiger partial charge in [0.15, 0.2) is 0 Å². The second-order valence-electron chi connectivity index (χ2n) is 5.86. The Morgan fingerprint density at radius 3 is 2.12 bits per heavy atom. The van der Waals surface area contributed by atoms with Crippen LogP contribution in [-0.2, 0) is 6.42 Å². The van der Waals surface area contributed by atoms with Crippen molar-refractivity contribution in [2.45, 2.75) is 46.0 Å². The van der Waals surface area contributed by atoms with Gasteiger partial charge in [-0.1, -0.05) is 45.2 Å². The maximum Gasteiger partial charge on any atom is 0.343 e. The summed E-state index contributed by atoms with van der Waals surface area (Å²) in [5.41, 5.74) is 1.80. The van der Waals surface area contributed by atoms with Gasteiger partial charge < -0.3 is 9.47 Å². The molecule has 2 rings (SSSR count). The van der Waals surface area contributed by atoms with Crippen molar-refractivity contribution in [2.75, 3.05) is 6.61 Å². The zero-order valence-corrected chi connectivity index (χ0v) is 14.6. The highest BCUT2D eigenvalue weighted by atomic mass is 16.5. The minimum absolute atomic E-state index is 0.338. The molecule has 0 aliphatic rings. The lowest BCUT2D eigenvalue weighted by atomic mass is 10.1. The number of esters is 1. The van der Waals surface area contributed by atoms with Crippen molar-refractivity contribution >= 4 is 5.97 Å². The molecule has 0 aromatic heterocycles. The first-order valence-corrected chi connectivity index (χ1v) is 8.77. The van der Waals surface area contributed by atoms with Crippen LogP contribution in [0.5, 0.6) is 11.5 Å². The van der Waals surface area contributed by atoms with Crippen LogP contribution in [0.15, 0.2) is 48.5 Å². The maximum atomic E-state index is 12.2. The summed E-state index contributed by atoms with van der Waals surface area (Å²) in [6.45, 7) is 5.02. The minimum atomic E-state index is -0.338. The first-order chi connectivity index (χ1) is 11.7. The first-order valence-electron chi connectivity index (χ1n) is 8.77. The van der Waals surface area contributed by atoms with Gasteiger partial charge in [0.05, 0.1) is 12.2 Å². The molecule has 3 heteroatoms. The molecule has 0 bridgehead atoms. The third-order valence-corrected chi connectivity index (χ3v) is 3.78. The molecule has 0 atom stereocenters. The van der Waals surface area contributed by atoms with E-state index in [-0.39, 0.29) is 5.97 Å². The van der Waals surface area contributed by atoms with Crippen LogP contribution in [0, 0.1) is 0 Å². The Hall–Kier alpha value is -2.29. The third kappa shape index (κ3) is 5.73. The lowest BCUT2D eigenvalue weighted by Gasteiger charge is -2.08. The summed E-state index contributed by atoms with van der Waals surface area (Å²) < 4.78 is 11.1. The molecule has 0 unspecified atom stereocenters. The Morgan fingerprint density at radius 1 is 0.833 bits per heavy atom. The molecule has 0 N–H and O–H groups in total. The largest absolute Gasteiger partial charge is 0.494 e. The molecule has 3 nitrogen and oxygen atoms in total. The van der Waals surface area contributed by atoms with Gasteiger partial charge in [-0.3, -0.25) is 0 Å². The Balaban J connectivity index is 1.87. The SMILES string of the molecule is CCCCCOc1ccc(OC(=O)c2ccc(CCC)cc2)cc1. The van der Waals surface area contributed by atoms with E-state index in [4.69, 9.17) is 9.47 Å². The fourth-order valence-corrected chi connectivity index (χ4v) is 2.41. The lowest BCUT2D eigenvalue weighted by molar-refractivity contribution is 0.0734. The van der Waals surface area contributed by atoms with Crippen molar-refractivity contribution < 1.29 is 14.3 Å². The van der Waals surface area contributed by atoms with Crippen molar-refractivity contribution in [1.29, 1.82) is 0 Å². The molecule has 0 spiro atoms. The number of carbonyl (C=O) groups excluding carboxylic acids is 1. The van der Waals surface area contributed by atoms with E-state index in [1.807, 2.05) is 36.4 Å². The van der Waals surface area contributed by atoms with Gasteiger partial charge in [-0.05, 0) is 54.8 Å². The molecular formula is C21H26O3. The highest BCUT2D eigenvalue weighted by Crippen LogP contribution is 2.19. The summed E-state index contributed by atoms with van der Waals surface area (Å²) >= 11 is 0. The van der Waals surface area contributed by atoms with Gasteiger partial charge >= 0.3 is 5.97 Å². The number of benzene rings is 2. The van der Waals surface area contributed by atoms with Gasteiger partial charge in [-0.2, -0.15) is 0 Å². The quantitative estimate of drug-likeness (QED) is 0.350. The fourth-order valence-electron chi connectivity index (χ4n) is 2.41. The van der Waals surface area contributed by atoms with E-state index >= 15 is 0 Å². The van der Waals surface area contributed by atoms with Gasteiger partial charge in [0, 0.05) is 0 Å². The molecule has 0 saturated carbocycles. The van der Waals surface area contributed by atoms with Crippen LogP contribution in [0.3, 0.4) is 0 Å². The number of carbonyl (C=O) groups is 1. The second kappa shape index (κ2) is 9.76. The predicted molar refractivity (Wildman–Crippen MR) is 96.9 cm³/mol. The Kier molecular flexibility index (Phi) is 7.34. The van der Waals surface area contributed by atoms with E-state index < -0.39 is 0 Å². The summed E-state index contributed by atoms with van der Waals surface area (Å²) in [6.07, 6.45) is 5.53. The van der Waals surface area contributed by atoms with E-state index in [0.29, 0.717) is 11.3 Å². The van der Waals surface area contributed by atoms with Gasteiger partial charge in [0.25, 0.3) is 0 Å². The fraction of sp³-hybridized carbons (Fsp3) is 0.381. The average molecular weight is 326 g/mol. The molecule has 0 fully saturated rings. The number of rotatable bonds is 9. The number of hydrogen-bond acceptors (Lipinski definition) is 3. The summed E-state index contributed by atoms with van der Waals surface area (Å²) in [7, 11) is 0. The van der Waals surface area contributed by atoms with Crippen LogP contribution in [0.25, 0.3) is 0 Å². The Labute approximate surface area is 144 Å². The lowest BCUT2D eigenvalue weighted by Crippen LogP contribution is -2.08. The van der Waals surface area contributed by atoms with Crippen molar-refractivity contribution in [1.82, 2.24) is 0 Å². The summed E-state index contributed by atoms with van der Waals surface area (Å²) in [6, 6.07) is 14.8. The molecular weight excluding hydrogens is 300 g/mol. The monoisotopic (exact) mass is 326 g/mol. The molecule has 2 aromatic rings. The standard InChI is InChI=1S/C21H26O3/c1-3-5-6-16-23-19-12-14-20(15-13-19)24-21(22)18-10-8-17(7-4-2)9-11-18/h8-15H,3-7,16H2,1-2H3. The van der Waals surface area contributed by atoms with Crippen LogP contribution in [0.1, 0.15) is 55.5 Å². The van der Waals surface area contributed by atoms with E-state index in [0.717, 1.165) is 31.6 Å². The average Bonchev–Trinajstić information content (AvgIpc) is 2.61. The Bertz CT molecular complexity index is 615. The number of aryl methyl sites for hydroxylation is 1. The first kappa shape index (κ1) is 18.1. The number of ether oxygens (including phenoxy) is 2. The molecule has 0 heterocycles. The normalized spacial score (nSPS) is 10.4. The predicted octanol–water partition coefficient (Wildman–Crippen LogP) is 5.43. The molecule has 0 radical (unpaired) electrons. The highest BCUT2D eigenvalue weighted by molar-refractivity contribution is 5.91. The van der Waals surface area contributed by atoms with E-state index in [1.54, 1.807) is 12.1 Å². The molecule has 128 valence electrons. The van der Waals surface area contributed by atoms with E-state index in [2.05, 4.69) is 13.8 Å². The van der Waals surface area contributed by atoms with Crippen LogP contribution >= 0.6 is 0 Å². The van der Waals surface area contributed by atoms with Crippen molar-refractivity contribution in [3.05, 3.63) is 59.7 Å². The second-order valence-corrected chi connectivity index (χ2v) is 5.86. The molecule has 0 amide bonds. The topological polar surface area (TPSA) is 35.5 Å². The summed E-state index contributed by atoms with van der Waals surface area (Å²) in [5.74, 6) is 0.989. The van der Waals surface area contributed by atoms with Gasteiger partial charge in [-0.15, -0.1) is 0 Å². The smallest absolute Gasteiger partial charge is 0.343 e. The van der Waals surface area contributed by atoms with Gasteiger partial charge in [0.1, 0.15) is 11.5 Å². The van der Waals surface area contributed by atoms with Crippen LogP contribution < -0.4 is 9.47 Å². The minimum Gasteiger partial charge on any atom is -0.494 e. The Morgan fingerprint density at radius 2 is 1.50 bits per heavy atom. The summed E-state index contributed by atoms with van der Waals surface area (Å²) in [5, 5.41) is 0. The molecule has 0 saturated heterocycles. The zero-order valence-electron chi connectivity index (χ0n) is 14.6. The number of unbranched alkanes of at least 4 members (excludes halogenated alkanes) is 2. The molecule has 24 heavy (non-hydrogen) atoms. The van der Waals surface area contributed by atoms with Crippen LogP contribution in [0.4, 0.5) is 0 Å². The van der Waals surface area contributed by atoms with E-state index in [9.17, 15) is 4.79 Å². The maximum absolute atomic E-state index is 12.2. The molecule has 2 aromatic carbocycles.